The lowest BCUT2D eigenvalue weighted by Crippen LogP contribution is -2.38. The molecule has 1 unspecified atom stereocenters. The van der Waals surface area contributed by atoms with Crippen LogP contribution in [-0.2, 0) is 6.54 Å². The third-order valence-electron chi connectivity index (χ3n) is 3.70. The number of nitrogens with two attached hydrogens (primary N) is 1. The Balaban J connectivity index is 2.22. The van der Waals surface area contributed by atoms with Crippen molar-refractivity contribution in [3.8, 4) is 0 Å². The molecule has 1 atom stereocenters. The Hall–Kier alpha value is -1.07. The Labute approximate surface area is 118 Å². The molecule has 2 N–H and O–H groups in total. The molecule has 2 heterocycles. The van der Waals surface area contributed by atoms with Gasteiger partial charge in [0, 0.05) is 19.6 Å². The number of aryl methyl sites for hydroxylation is 1. The van der Waals surface area contributed by atoms with Gasteiger partial charge in [0.1, 0.15) is 5.02 Å². The van der Waals surface area contributed by atoms with Crippen molar-refractivity contribution in [3.05, 3.63) is 21.6 Å². The van der Waals surface area contributed by atoms with Gasteiger partial charge in [0.25, 0.3) is 5.56 Å². The summed E-state index contributed by atoms with van der Waals surface area (Å²) in [7, 11) is 0. The van der Waals surface area contributed by atoms with E-state index >= 15 is 0 Å². The van der Waals surface area contributed by atoms with Crippen molar-refractivity contribution in [2.45, 2.75) is 32.7 Å². The Bertz CT molecular complexity index is 486. The molecule has 1 aliphatic rings. The summed E-state index contributed by atoms with van der Waals surface area (Å²) >= 11 is 6.20. The predicted molar refractivity (Wildman–Crippen MR) is 77.8 cm³/mol. The lowest BCUT2D eigenvalue weighted by Gasteiger charge is -2.34. The minimum Gasteiger partial charge on any atom is -0.369 e. The highest BCUT2D eigenvalue weighted by molar-refractivity contribution is 6.33. The molecule has 0 aromatic carbocycles. The van der Waals surface area contributed by atoms with E-state index in [2.05, 4.69) is 10.00 Å². The Kier molecular flexibility index (Phi) is 4.82. The molecule has 0 amide bonds. The molecule has 0 aliphatic carbocycles. The summed E-state index contributed by atoms with van der Waals surface area (Å²) in [5.74, 6) is 0.587. The quantitative estimate of drug-likeness (QED) is 0.910. The summed E-state index contributed by atoms with van der Waals surface area (Å²) in [4.78, 5) is 14.2. The number of piperidine rings is 1. The monoisotopic (exact) mass is 284 g/mol. The highest BCUT2D eigenvalue weighted by Gasteiger charge is 2.22. The van der Waals surface area contributed by atoms with Crippen LogP contribution in [0.4, 0.5) is 5.69 Å². The van der Waals surface area contributed by atoms with Crippen molar-refractivity contribution < 1.29 is 0 Å². The minimum atomic E-state index is -0.206. The Morgan fingerprint density at radius 1 is 1.58 bits per heavy atom. The van der Waals surface area contributed by atoms with Crippen LogP contribution in [0.1, 0.15) is 26.2 Å². The minimum absolute atomic E-state index is 0.206. The zero-order chi connectivity index (χ0) is 13.8. The number of halogens is 1. The van der Waals surface area contributed by atoms with Gasteiger partial charge < -0.3 is 10.6 Å². The SMILES string of the molecule is CCn1ncc(N2CCCC(CCN)C2)c(Cl)c1=O. The third kappa shape index (κ3) is 3.09. The van der Waals surface area contributed by atoms with Crippen LogP contribution in [0.2, 0.25) is 5.02 Å². The van der Waals surface area contributed by atoms with Gasteiger partial charge in [-0.05, 0) is 38.6 Å². The van der Waals surface area contributed by atoms with Gasteiger partial charge in [0.05, 0.1) is 11.9 Å². The van der Waals surface area contributed by atoms with Gasteiger partial charge in [-0.15, -0.1) is 0 Å². The third-order valence-corrected chi connectivity index (χ3v) is 4.06. The fourth-order valence-electron chi connectivity index (χ4n) is 2.66. The molecule has 1 fully saturated rings. The second-order valence-electron chi connectivity index (χ2n) is 5.00. The van der Waals surface area contributed by atoms with Gasteiger partial charge in [-0.25, -0.2) is 4.68 Å². The molecule has 1 aromatic heterocycles. The van der Waals surface area contributed by atoms with E-state index in [0.717, 1.165) is 31.6 Å². The summed E-state index contributed by atoms with van der Waals surface area (Å²) in [6.45, 7) is 4.96. The van der Waals surface area contributed by atoms with Crippen LogP contribution in [0.3, 0.4) is 0 Å². The first-order valence-electron chi connectivity index (χ1n) is 6.88. The Morgan fingerprint density at radius 2 is 2.37 bits per heavy atom. The second kappa shape index (κ2) is 6.39. The van der Waals surface area contributed by atoms with Crippen LogP contribution in [0.25, 0.3) is 0 Å². The molecule has 0 spiro atoms. The van der Waals surface area contributed by atoms with Gasteiger partial charge in [-0.2, -0.15) is 5.10 Å². The van der Waals surface area contributed by atoms with Crippen molar-refractivity contribution in [2.75, 3.05) is 24.5 Å². The second-order valence-corrected chi connectivity index (χ2v) is 5.37. The predicted octanol–water partition coefficient (Wildman–Crippen LogP) is 1.48. The van der Waals surface area contributed by atoms with E-state index in [0.29, 0.717) is 19.0 Å². The molecule has 2 rings (SSSR count). The van der Waals surface area contributed by atoms with Crippen molar-refractivity contribution in [1.29, 1.82) is 0 Å². The number of rotatable bonds is 4. The van der Waals surface area contributed by atoms with E-state index in [1.54, 1.807) is 6.20 Å². The van der Waals surface area contributed by atoms with Crippen molar-refractivity contribution >= 4 is 17.3 Å². The van der Waals surface area contributed by atoms with Crippen LogP contribution in [0.5, 0.6) is 0 Å². The summed E-state index contributed by atoms with van der Waals surface area (Å²) in [6, 6.07) is 0. The fourth-order valence-corrected chi connectivity index (χ4v) is 2.92. The smallest absolute Gasteiger partial charge is 0.287 e. The number of hydrogen-bond donors (Lipinski definition) is 1. The summed E-state index contributed by atoms with van der Waals surface area (Å²) in [6.07, 6.45) is 5.04. The van der Waals surface area contributed by atoms with Gasteiger partial charge in [-0.1, -0.05) is 11.6 Å². The molecule has 1 aromatic rings. The highest BCUT2D eigenvalue weighted by Crippen LogP contribution is 2.27. The fraction of sp³-hybridized carbons (Fsp3) is 0.692. The maximum Gasteiger partial charge on any atom is 0.287 e. The topological polar surface area (TPSA) is 64.2 Å². The van der Waals surface area contributed by atoms with Crippen LogP contribution < -0.4 is 16.2 Å². The van der Waals surface area contributed by atoms with Crippen molar-refractivity contribution in [1.82, 2.24) is 9.78 Å². The summed E-state index contributed by atoms with van der Waals surface area (Å²) < 4.78 is 1.38. The highest BCUT2D eigenvalue weighted by atomic mass is 35.5. The van der Waals surface area contributed by atoms with Crippen molar-refractivity contribution in [2.24, 2.45) is 11.7 Å². The largest absolute Gasteiger partial charge is 0.369 e. The van der Waals surface area contributed by atoms with E-state index in [1.165, 1.54) is 11.1 Å². The summed E-state index contributed by atoms with van der Waals surface area (Å²) in [5, 5.41) is 4.44. The molecular formula is C13H21ClN4O. The van der Waals surface area contributed by atoms with E-state index in [-0.39, 0.29) is 10.6 Å². The zero-order valence-electron chi connectivity index (χ0n) is 11.3. The van der Waals surface area contributed by atoms with E-state index in [1.807, 2.05) is 6.92 Å². The number of nitrogens with zero attached hydrogens (tertiary/aromatic N) is 3. The maximum atomic E-state index is 12.0. The van der Waals surface area contributed by atoms with Gasteiger partial charge in [0.15, 0.2) is 0 Å². The lowest BCUT2D eigenvalue weighted by molar-refractivity contribution is 0.395. The van der Waals surface area contributed by atoms with E-state index < -0.39 is 0 Å². The molecule has 0 bridgehead atoms. The van der Waals surface area contributed by atoms with Crippen LogP contribution >= 0.6 is 11.6 Å². The first kappa shape index (κ1) is 14.3. The first-order chi connectivity index (χ1) is 9.17. The molecule has 1 aliphatic heterocycles. The molecule has 5 nitrogen and oxygen atoms in total. The average Bonchev–Trinajstić information content (AvgIpc) is 2.42. The molecule has 6 heteroatoms. The van der Waals surface area contributed by atoms with Gasteiger partial charge in [0.2, 0.25) is 0 Å². The van der Waals surface area contributed by atoms with Crippen LogP contribution in [0.15, 0.2) is 11.0 Å². The molecule has 1 saturated heterocycles. The van der Waals surface area contributed by atoms with E-state index in [9.17, 15) is 4.79 Å². The number of anilines is 1. The Morgan fingerprint density at radius 3 is 3.05 bits per heavy atom. The van der Waals surface area contributed by atoms with Crippen LogP contribution in [0, 0.1) is 5.92 Å². The molecule has 0 saturated carbocycles. The molecule has 0 radical (unpaired) electrons. The zero-order valence-corrected chi connectivity index (χ0v) is 12.1. The lowest BCUT2D eigenvalue weighted by atomic mass is 9.94. The van der Waals surface area contributed by atoms with Crippen LogP contribution in [-0.4, -0.2) is 29.4 Å². The standard InChI is InChI=1S/C13H21ClN4O/c1-2-18-13(19)12(14)11(8-16-18)17-7-3-4-10(9-17)5-6-15/h8,10H,2-7,9,15H2,1H3. The molecule has 106 valence electrons. The number of hydrogen-bond acceptors (Lipinski definition) is 4. The van der Waals surface area contributed by atoms with E-state index in [4.69, 9.17) is 17.3 Å². The van der Waals surface area contributed by atoms with Gasteiger partial charge >= 0.3 is 0 Å². The molecule has 19 heavy (non-hydrogen) atoms. The average molecular weight is 285 g/mol. The van der Waals surface area contributed by atoms with Crippen molar-refractivity contribution in [3.63, 3.8) is 0 Å². The maximum absolute atomic E-state index is 12.0. The first-order valence-corrected chi connectivity index (χ1v) is 7.25. The van der Waals surface area contributed by atoms with Gasteiger partial charge in [-0.3, -0.25) is 4.79 Å². The summed E-state index contributed by atoms with van der Waals surface area (Å²) in [5.41, 5.74) is 6.18. The number of aromatic nitrogens is 2. The molecular weight excluding hydrogens is 264 g/mol. The normalized spacial score (nSPS) is 19.7.